The second-order valence-electron chi connectivity index (χ2n) is 6.79. The molecule has 2 aromatic carbocycles. The molecule has 2 N–H and O–H groups in total. The summed E-state index contributed by atoms with van der Waals surface area (Å²) in [5, 5.41) is 17.9. The fourth-order valence-corrected chi connectivity index (χ4v) is 3.59. The molecule has 1 amide bonds. The summed E-state index contributed by atoms with van der Waals surface area (Å²) in [5.74, 6) is 1.52. The summed E-state index contributed by atoms with van der Waals surface area (Å²) in [7, 11) is 4.61. The van der Waals surface area contributed by atoms with Crippen LogP contribution in [0.5, 0.6) is 17.2 Å². The van der Waals surface area contributed by atoms with Crippen molar-refractivity contribution in [3.63, 3.8) is 0 Å². The third-order valence-corrected chi connectivity index (χ3v) is 4.99. The van der Waals surface area contributed by atoms with E-state index >= 15 is 0 Å². The van der Waals surface area contributed by atoms with Gasteiger partial charge >= 0.3 is 0 Å². The van der Waals surface area contributed by atoms with Gasteiger partial charge in [0.25, 0.3) is 5.91 Å². The van der Waals surface area contributed by atoms with Gasteiger partial charge in [0.05, 0.1) is 26.9 Å². The van der Waals surface area contributed by atoms with Crippen LogP contribution in [0.2, 0.25) is 0 Å². The molecule has 0 bridgehead atoms. The lowest BCUT2D eigenvalue weighted by Crippen LogP contribution is -2.31. The Hall–Kier alpha value is -4.08. The maximum Gasteiger partial charge on any atom is 0.255 e. The van der Waals surface area contributed by atoms with Crippen molar-refractivity contribution in [3.8, 4) is 17.2 Å². The fourth-order valence-electron chi connectivity index (χ4n) is 3.59. The summed E-state index contributed by atoms with van der Waals surface area (Å²) >= 11 is 0. The normalized spacial score (nSPS) is 15.0. The zero-order valence-corrected chi connectivity index (χ0v) is 17.5. The molecule has 0 radical (unpaired) electrons. The zero-order valence-electron chi connectivity index (χ0n) is 17.5. The van der Waals surface area contributed by atoms with Crippen molar-refractivity contribution < 1.29 is 19.0 Å². The Morgan fingerprint density at radius 3 is 2.35 bits per heavy atom. The van der Waals surface area contributed by atoms with Crippen molar-refractivity contribution in [1.82, 2.24) is 20.2 Å². The van der Waals surface area contributed by atoms with Crippen LogP contribution in [0.3, 0.4) is 0 Å². The van der Waals surface area contributed by atoms with Crippen molar-refractivity contribution in [2.45, 2.75) is 13.0 Å². The molecule has 1 atom stereocenters. The van der Waals surface area contributed by atoms with Crippen molar-refractivity contribution in [2.75, 3.05) is 32.0 Å². The number of allylic oxidation sites excluding steroid dienone is 1. The number of carbonyl (C=O) groups is 1. The summed E-state index contributed by atoms with van der Waals surface area (Å²) < 4.78 is 18.0. The Balaban J connectivity index is 1.84. The van der Waals surface area contributed by atoms with Crippen LogP contribution in [-0.4, -0.2) is 47.4 Å². The van der Waals surface area contributed by atoms with Crippen LogP contribution in [0.15, 0.2) is 53.7 Å². The smallest absolute Gasteiger partial charge is 0.255 e. The number of nitrogens with zero attached hydrogens (tertiary/aromatic N) is 4. The predicted molar refractivity (Wildman–Crippen MR) is 113 cm³/mol. The monoisotopic (exact) mass is 422 g/mol. The van der Waals surface area contributed by atoms with Gasteiger partial charge in [0, 0.05) is 11.4 Å². The number of fused-ring (bicyclic) bond motifs is 1. The lowest BCUT2D eigenvalue weighted by molar-refractivity contribution is -0.113. The predicted octanol–water partition coefficient (Wildman–Crippen LogP) is 2.63. The van der Waals surface area contributed by atoms with E-state index in [-0.39, 0.29) is 5.91 Å². The topological polar surface area (TPSA) is 112 Å². The first-order valence-corrected chi connectivity index (χ1v) is 9.49. The molecule has 2 heterocycles. The number of aromatic nitrogens is 4. The van der Waals surface area contributed by atoms with Gasteiger partial charge in [-0.2, -0.15) is 4.68 Å². The number of para-hydroxylation sites is 1. The van der Waals surface area contributed by atoms with E-state index < -0.39 is 6.04 Å². The maximum atomic E-state index is 13.3. The molecule has 0 saturated carbocycles. The molecule has 10 nitrogen and oxygen atoms in total. The molecule has 0 spiro atoms. The largest absolute Gasteiger partial charge is 0.493 e. The van der Waals surface area contributed by atoms with Gasteiger partial charge in [0.15, 0.2) is 11.5 Å². The number of methoxy groups -OCH3 is 3. The Morgan fingerprint density at radius 1 is 1.06 bits per heavy atom. The number of nitrogens with one attached hydrogen (secondary N) is 2. The summed E-state index contributed by atoms with van der Waals surface area (Å²) in [6.07, 6.45) is 0. The number of ether oxygens (including phenoxy) is 3. The first-order valence-electron chi connectivity index (χ1n) is 9.49. The van der Waals surface area contributed by atoms with Crippen LogP contribution in [0.4, 0.5) is 11.6 Å². The van der Waals surface area contributed by atoms with Crippen LogP contribution in [0, 0.1) is 0 Å². The molecule has 4 rings (SSSR count). The van der Waals surface area contributed by atoms with Crippen molar-refractivity contribution >= 4 is 17.5 Å². The average molecular weight is 422 g/mol. The summed E-state index contributed by atoms with van der Waals surface area (Å²) in [5.41, 5.74) is 2.47. The Kier molecular flexibility index (Phi) is 5.44. The minimum absolute atomic E-state index is 0.281. The zero-order chi connectivity index (χ0) is 22.0. The highest BCUT2D eigenvalue weighted by molar-refractivity contribution is 6.06. The summed E-state index contributed by atoms with van der Waals surface area (Å²) in [6, 6.07) is 12.2. The second kappa shape index (κ2) is 8.34. The quantitative estimate of drug-likeness (QED) is 0.623. The van der Waals surface area contributed by atoms with E-state index in [1.54, 1.807) is 16.8 Å². The third kappa shape index (κ3) is 3.63. The number of rotatable bonds is 6. The van der Waals surface area contributed by atoms with E-state index in [9.17, 15) is 4.79 Å². The number of amides is 1. The number of carbonyl (C=O) groups excluding carboxylic acids is 1. The number of anilines is 2. The maximum absolute atomic E-state index is 13.3. The van der Waals surface area contributed by atoms with Gasteiger partial charge in [-0.25, -0.2) is 0 Å². The van der Waals surface area contributed by atoms with Crippen LogP contribution >= 0.6 is 0 Å². The highest BCUT2D eigenvalue weighted by Crippen LogP contribution is 2.43. The SMILES string of the molecule is COc1cc(C2C(C(=O)Nc3ccccc3)=C(C)Nc3nnnn32)cc(OC)c1OC. The number of hydrogen-bond acceptors (Lipinski definition) is 8. The number of tetrazole rings is 1. The molecule has 1 unspecified atom stereocenters. The molecule has 3 aromatic rings. The van der Waals surface area contributed by atoms with E-state index in [4.69, 9.17) is 14.2 Å². The number of hydrogen-bond donors (Lipinski definition) is 2. The summed E-state index contributed by atoms with van der Waals surface area (Å²) in [4.78, 5) is 13.3. The first-order chi connectivity index (χ1) is 15.1. The molecule has 0 aliphatic carbocycles. The van der Waals surface area contributed by atoms with Gasteiger partial charge in [0.2, 0.25) is 11.7 Å². The minimum atomic E-state index is -0.622. The van der Waals surface area contributed by atoms with E-state index in [2.05, 4.69) is 26.2 Å². The Morgan fingerprint density at radius 2 is 1.74 bits per heavy atom. The van der Waals surface area contributed by atoms with Crippen LogP contribution in [-0.2, 0) is 4.79 Å². The van der Waals surface area contributed by atoms with Gasteiger partial charge in [-0.1, -0.05) is 23.3 Å². The van der Waals surface area contributed by atoms with Crippen LogP contribution in [0.25, 0.3) is 0 Å². The van der Waals surface area contributed by atoms with E-state index in [0.29, 0.717) is 45.7 Å². The molecule has 1 aromatic heterocycles. The lowest BCUT2D eigenvalue weighted by atomic mass is 9.94. The Labute approximate surface area is 178 Å². The standard InChI is InChI=1S/C21H22N6O4/c1-12-17(20(28)23-14-8-6-5-7-9-14)18(27-21(22-12)24-25-26-27)13-10-15(29-2)19(31-4)16(11-13)30-3/h5-11,18H,1-4H3,(H,23,28)(H,22,24,26). The average Bonchev–Trinajstić information content (AvgIpc) is 3.25. The van der Waals surface area contributed by atoms with Crippen molar-refractivity contribution in [3.05, 3.63) is 59.3 Å². The van der Waals surface area contributed by atoms with E-state index in [1.165, 1.54) is 21.3 Å². The molecule has 0 saturated heterocycles. The minimum Gasteiger partial charge on any atom is -0.493 e. The van der Waals surface area contributed by atoms with Gasteiger partial charge in [-0.15, -0.1) is 0 Å². The van der Waals surface area contributed by atoms with Crippen molar-refractivity contribution in [1.29, 1.82) is 0 Å². The van der Waals surface area contributed by atoms with E-state index in [1.807, 2.05) is 37.3 Å². The number of benzene rings is 2. The van der Waals surface area contributed by atoms with Crippen LogP contribution in [0.1, 0.15) is 18.5 Å². The molecule has 1 aliphatic rings. The molecular weight excluding hydrogens is 400 g/mol. The van der Waals surface area contributed by atoms with Crippen molar-refractivity contribution in [2.24, 2.45) is 0 Å². The van der Waals surface area contributed by atoms with Gasteiger partial charge in [-0.3, -0.25) is 4.79 Å². The first kappa shape index (κ1) is 20.2. The molecule has 160 valence electrons. The van der Waals surface area contributed by atoms with Gasteiger partial charge < -0.3 is 24.8 Å². The molecule has 31 heavy (non-hydrogen) atoms. The highest BCUT2D eigenvalue weighted by Gasteiger charge is 2.35. The summed E-state index contributed by atoms with van der Waals surface area (Å²) in [6.45, 7) is 1.81. The highest BCUT2D eigenvalue weighted by atomic mass is 16.5. The van der Waals surface area contributed by atoms with E-state index in [0.717, 1.165) is 0 Å². The Bertz CT molecular complexity index is 1120. The lowest BCUT2D eigenvalue weighted by Gasteiger charge is -2.28. The van der Waals surface area contributed by atoms with Crippen LogP contribution < -0.4 is 24.8 Å². The van der Waals surface area contributed by atoms with Gasteiger partial charge in [-0.05, 0) is 47.2 Å². The molecule has 0 fully saturated rings. The molecule has 10 heteroatoms. The van der Waals surface area contributed by atoms with Gasteiger partial charge in [0.1, 0.15) is 6.04 Å². The molecular formula is C21H22N6O4. The molecule has 1 aliphatic heterocycles. The third-order valence-electron chi connectivity index (χ3n) is 4.99. The second-order valence-corrected chi connectivity index (χ2v) is 6.79. The fraction of sp³-hybridized carbons (Fsp3) is 0.238.